The summed E-state index contributed by atoms with van der Waals surface area (Å²) in [6.45, 7) is 1.38. The van der Waals surface area contributed by atoms with E-state index in [1.165, 1.54) is 6.07 Å². The number of hydrogen-bond donors (Lipinski definition) is 1. The lowest BCUT2D eigenvalue weighted by Gasteiger charge is -2.27. The molecule has 0 aliphatic carbocycles. The van der Waals surface area contributed by atoms with Gasteiger partial charge >= 0.3 is 0 Å². The van der Waals surface area contributed by atoms with E-state index in [1.807, 2.05) is 0 Å². The van der Waals surface area contributed by atoms with Crippen molar-refractivity contribution in [2.75, 3.05) is 33.5 Å². The van der Waals surface area contributed by atoms with Crippen LogP contribution in [0.3, 0.4) is 0 Å². The summed E-state index contributed by atoms with van der Waals surface area (Å²) in [6.07, 6.45) is 0.186. The van der Waals surface area contributed by atoms with Gasteiger partial charge in [0.15, 0.2) is 0 Å². The number of benzene rings is 1. The van der Waals surface area contributed by atoms with E-state index in [2.05, 4.69) is 5.32 Å². The van der Waals surface area contributed by atoms with E-state index in [-0.39, 0.29) is 36.3 Å². The third-order valence-corrected chi connectivity index (χ3v) is 4.35. The van der Waals surface area contributed by atoms with Gasteiger partial charge in [0, 0.05) is 13.5 Å². The van der Waals surface area contributed by atoms with Crippen LogP contribution in [0.2, 0.25) is 0 Å². The fourth-order valence-corrected chi connectivity index (χ4v) is 3.06. The number of amides is 4. The fraction of sp³-hybridized carbons (Fsp3) is 0.444. The number of piperidine rings is 1. The molecule has 3 rings (SSSR count). The SMILES string of the molecule is COCCOCCOc1cccc2c1C(=O)N(C1CCC(=O)NC1=O)C2=O. The monoisotopic (exact) mass is 376 g/mol. The van der Waals surface area contributed by atoms with Crippen LogP contribution in [0.4, 0.5) is 0 Å². The molecular weight excluding hydrogens is 356 g/mol. The molecule has 0 radical (unpaired) electrons. The van der Waals surface area contributed by atoms with Crippen molar-refractivity contribution in [1.29, 1.82) is 0 Å². The number of imide groups is 2. The Hall–Kier alpha value is -2.78. The minimum Gasteiger partial charge on any atom is -0.490 e. The van der Waals surface area contributed by atoms with E-state index < -0.39 is 29.7 Å². The van der Waals surface area contributed by atoms with Gasteiger partial charge in [-0.3, -0.25) is 29.4 Å². The van der Waals surface area contributed by atoms with Crippen LogP contribution in [0.15, 0.2) is 18.2 Å². The standard InChI is InChI=1S/C18H20N2O7/c1-25-7-8-26-9-10-27-13-4-2-3-11-15(13)18(24)20(17(11)23)12-5-6-14(21)19-16(12)22/h2-4,12H,5-10H2,1H3,(H,19,21,22). The van der Waals surface area contributed by atoms with Crippen LogP contribution in [-0.2, 0) is 19.1 Å². The smallest absolute Gasteiger partial charge is 0.266 e. The molecule has 1 unspecified atom stereocenters. The third-order valence-electron chi connectivity index (χ3n) is 4.35. The molecule has 0 aromatic heterocycles. The number of carbonyl (C=O) groups excluding carboxylic acids is 4. The lowest BCUT2D eigenvalue weighted by atomic mass is 10.0. The van der Waals surface area contributed by atoms with E-state index in [1.54, 1.807) is 19.2 Å². The molecule has 9 heteroatoms. The van der Waals surface area contributed by atoms with E-state index in [0.29, 0.717) is 19.8 Å². The minimum absolute atomic E-state index is 0.0754. The van der Waals surface area contributed by atoms with Crippen molar-refractivity contribution in [1.82, 2.24) is 10.2 Å². The molecule has 1 fully saturated rings. The topological polar surface area (TPSA) is 111 Å². The summed E-state index contributed by atoms with van der Waals surface area (Å²) in [5.74, 6) is -1.96. The second kappa shape index (κ2) is 8.28. The van der Waals surface area contributed by atoms with E-state index >= 15 is 0 Å². The van der Waals surface area contributed by atoms with Gasteiger partial charge in [0.25, 0.3) is 11.8 Å². The third kappa shape index (κ3) is 3.83. The highest BCUT2D eigenvalue weighted by Gasteiger charge is 2.45. The number of hydrogen-bond acceptors (Lipinski definition) is 7. The molecule has 2 heterocycles. The summed E-state index contributed by atoms with van der Waals surface area (Å²) in [7, 11) is 1.57. The van der Waals surface area contributed by atoms with Crippen molar-refractivity contribution >= 4 is 23.6 Å². The summed E-state index contributed by atoms with van der Waals surface area (Å²) >= 11 is 0. The van der Waals surface area contributed by atoms with Gasteiger partial charge in [0.05, 0.1) is 30.9 Å². The van der Waals surface area contributed by atoms with Crippen LogP contribution in [0.5, 0.6) is 5.75 Å². The van der Waals surface area contributed by atoms with Crippen LogP contribution < -0.4 is 10.1 Å². The summed E-state index contributed by atoms with van der Waals surface area (Å²) in [5, 5.41) is 2.17. The number of rotatable bonds is 8. The second-order valence-electron chi connectivity index (χ2n) is 6.08. The van der Waals surface area contributed by atoms with Gasteiger partial charge in [-0.25, -0.2) is 0 Å². The number of methoxy groups -OCH3 is 1. The quantitative estimate of drug-likeness (QED) is 0.507. The Morgan fingerprint density at radius 1 is 1.07 bits per heavy atom. The van der Waals surface area contributed by atoms with Gasteiger partial charge < -0.3 is 14.2 Å². The average molecular weight is 376 g/mol. The van der Waals surface area contributed by atoms with Crippen molar-refractivity contribution < 1.29 is 33.4 Å². The molecule has 1 N–H and O–H groups in total. The van der Waals surface area contributed by atoms with Gasteiger partial charge in [-0.05, 0) is 18.6 Å². The Morgan fingerprint density at radius 3 is 2.59 bits per heavy atom. The van der Waals surface area contributed by atoms with Crippen LogP contribution in [0, 0.1) is 0 Å². The van der Waals surface area contributed by atoms with Gasteiger partial charge in [-0.15, -0.1) is 0 Å². The first-order valence-corrected chi connectivity index (χ1v) is 8.58. The molecule has 1 aromatic carbocycles. The summed E-state index contributed by atoms with van der Waals surface area (Å²) in [5.41, 5.74) is 0.312. The number of nitrogens with zero attached hydrogens (tertiary/aromatic N) is 1. The molecule has 0 bridgehead atoms. The molecule has 1 aromatic rings. The first kappa shape index (κ1) is 19.0. The van der Waals surface area contributed by atoms with Gasteiger partial charge in [0.1, 0.15) is 18.4 Å². The molecule has 4 amide bonds. The molecule has 0 spiro atoms. The van der Waals surface area contributed by atoms with Gasteiger partial charge in [-0.2, -0.15) is 0 Å². The zero-order chi connectivity index (χ0) is 19.4. The molecule has 9 nitrogen and oxygen atoms in total. The lowest BCUT2D eigenvalue weighted by Crippen LogP contribution is -2.54. The predicted octanol–water partition coefficient (Wildman–Crippen LogP) is 0.130. The highest BCUT2D eigenvalue weighted by atomic mass is 16.5. The number of fused-ring (bicyclic) bond motifs is 1. The predicted molar refractivity (Wildman–Crippen MR) is 91.3 cm³/mol. The number of ether oxygens (including phenoxy) is 3. The molecule has 27 heavy (non-hydrogen) atoms. The zero-order valence-electron chi connectivity index (χ0n) is 14.9. The molecule has 2 aliphatic heterocycles. The average Bonchev–Trinajstić information content (AvgIpc) is 2.90. The van der Waals surface area contributed by atoms with Crippen molar-refractivity contribution in [2.24, 2.45) is 0 Å². The van der Waals surface area contributed by atoms with Crippen LogP contribution >= 0.6 is 0 Å². The van der Waals surface area contributed by atoms with Crippen LogP contribution in [0.25, 0.3) is 0 Å². The van der Waals surface area contributed by atoms with Gasteiger partial charge in [0.2, 0.25) is 11.8 Å². The molecular formula is C18H20N2O7. The Morgan fingerprint density at radius 2 is 1.85 bits per heavy atom. The largest absolute Gasteiger partial charge is 0.490 e. The molecule has 1 atom stereocenters. The van der Waals surface area contributed by atoms with Crippen molar-refractivity contribution in [3.05, 3.63) is 29.3 Å². The molecule has 0 saturated carbocycles. The Kier molecular flexibility index (Phi) is 5.82. The maximum Gasteiger partial charge on any atom is 0.266 e. The number of nitrogens with one attached hydrogen (secondary N) is 1. The van der Waals surface area contributed by atoms with E-state index in [0.717, 1.165) is 4.90 Å². The highest BCUT2D eigenvalue weighted by molar-refractivity contribution is 6.24. The van der Waals surface area contributed by atoms with Crippen LogP contribution in [0.1, 0.15) is 33.6 Å². The first-order valence-electron chi connectivity index (χ1n) is 8.58. The fourth-order valence-electron chi connectivity index (χ4n) is 3.06. The second-order valence-corrected chi connectivity index (χ2v) is 6.08. The molecule has 1 saturated heterocycles. The normalized spacial score (nSPS) is 19.3. The summed E-state index contributed by atoms with van der Waals surface area (Å²) in [6, 6.07) is 3.72. The maximum absolute atomic E-state index is 12.8. The minimum atomic E-state index is -1.000. The first-order chi connectivity index (χ1) is 13.0. The van der Waals surface area contributed by atoms with Crippen molar-refractivity contribution in [3.8, 4) is 5.75 Å². The Bertz CT molecular complexity index is 777. The number of carbonyl (C=O) groups is 4. The Balaban J connectivity index is 1.72. The van der Waals surface area contributed by atoms with Crippen molar-refractivity contribution in [3.63, 3.8) is 0 Å². The van der Waals surface area contributed by atoms with Gasteiger partial charge in [-0.1, -0.05) is 6.07 Å². The molecule has 2 aliphatic rings. The summed E-state index contributed by atoms with van der Waals surface area (Å²) < 4.78 is 15.8. The van der Waals surface area contributed by atoms with Crippen LogP contribution in [-0.4, -0.2) is 68.1 Å². The van der Waals surface area contributed by atoms with E-state index in [4.69, 9.17) is 14.2 Å². The zero-order valence-corrected chi connectivity index (χ0v) is 14.9. The highest BCUT2D eigenvalue weighted by Crippen LogP contribution is 2.33. The Labute approximate surface area is 155 Å². The molecule has 144 valence electrons. The van der Waals surface area contributed by atoms with E-state index in [9.17, 15) is 19.2 Å². The van der Waals surface area contributed by atoms with Crippen molar-refractivity contribution in [2.45, 2.75) is 18.9 Å². The summed E-state index contributed by atoms with van der Waals surface area (Å²) in [4.78, 5) is 49.8. The maximum atomic E-state index is 12.8. The lowest BCUT2D eigenvalue weighted by molar-refractivity contribution is -0.136.